The fourth-order valence-electron chi connectivity index (χ4n) is 3.42. The van der Waals surface area contributed by atoms with Crippen LogP contribution in [0.5, 0.6) is 0 Å². The van der Waals surface area contributed by atoms with Crippen molar-refractivity contribution in [1.82, 2.24) is 20.9 Å². The van der Waals surface area contributed by atoms with E-state index in [0.29, 0.717) is 13.1 Å². The Bertz CT molecular complexity index is 618. The van der Waals surface area contributed by atoms with Crippen molar-refractivity contribution in [2.75, 3.05) is 45.8 Å². The number of aliphatic imine (C=N–C) groups is 1. The Balaban J connectivity index is 0.00000450. The van der Waals surface area contributed by atoms with Crippen LogP contribution in [-0.2, 0) is 11.2 Å². The number of hydrogen-bond acceptors (Lipinski definition) is 3. The number of carbonyl (C=O) groups is 1. The molecule has 1 aliphatic heterocycles. The summed E-state index contributed by atoms with van der Waals surface area (Å²) in [5.74, 6) is 0.425. The highest BCUT2D eigenvalue weighted by atomic mass is 127. The number of benzene rings is 1. The highest BCUT2D eigenvalue weighted by molar-refractivity contribution is 14.0. The second kappa shape index (κ2) is 16.3. The minimum atomic E-state index is -0.292. The lowest BCUT2D eigenvalue weighted by molar-refractivity contribution is -0.120. The third-order valence-corrected chi connectivity index (χ3v) is 4.96. The van der Waals surface area contributed by atoms with Gasteiger partial charge >= 0.3 is 0 Å². The van der Waals surface area contributed by atoms with E-state index in [1.807, 2.05) is 6.92 Å². The third-order valence-electron chi connectivity index (χ3n) is 4.96. The zero-order valence-electron chi connectivity index (χ0n) is 18.1. The molecular formula is C22H37FIN5O. The van der Waals surface area contributed by atoms with Gasteiger partial charge in [0.2, 0.25) is 5.91 Å². The van der Waals surface area contributed by atoms with Crippen LogP contribution in [0, 0.1) is 5.82 Å². The van der Waals surface area contributed by atoms with Gasteiger partial charge in [0.05, 0.1) is 6.42 Å². The summed E-state index contributed by atoms with van der Waals surface area (Å²) in [6.07, 6.45) is 6.68. The van der Waals surface area contributed by atoms with Gasteiger partial charge < -0.3 is 20.9 Å². The minimum absolute atomic E-state index is 0. The van der Waals surface area contributed by atoms with Gasteiger partial charge in [0.25, 0.3) is 0 Å². The molecule has 0 spiro atoms. The first-order valence-electron chi connectivity index (χ1n) is 10.9. The van der Waals surface area contributed by atoms with Crippen LogP contribution < -0.4 is 16.0 Å². The van der Waals surface area contributed by atoms with Crippen molar-refractivity contribution in [3.63, 3.8) is 0 Å². The maximum Gasteiger partial charge on any atom is 0.224 e. The van der Waals surface area contributed by atoms with Crippen LogP contribution in [0.25, 0.3) is 0 Å². The number of likely N-dealkylation sites (tertiary alicyclic amines) is 1. The molecule has 30 heavy (non-hydrogen) atoms. The Morgan fingerprint density at radius 3 is 2.37 bits per heavy atom. The molecule has 1 aromatic carbocycles. The largest absolute Gasteiger partial charge is 0.357 e. The topological polar surface area (TPSA) is 68.8 Å². The quantitative estimate of drug-likeness (QED) is 0.187. The molecule has 0 aliphatic carbocycles. The van der Waals surface area contributed by atoms with Crippen LogP contribution in [0.4, 0.5) is 4.39 Å². The number of hydrogen-bond donors (Lipinski definition) is 3. The first-order valence-corrected chi connectivity index (χ1v) is 10.9. The molecule has 0 bridgehead atoms. The fraction of sp³-hybridized carbons (Fsp3) is 0.636. The summed E-state index contributed by atoms with van der Waals surface area (Å²) in [5, 5.41) is 9.37. The van der Waals surface area contributed by atoms with Gasteiger partial charge in [0.1, 0.15) is 5.82 Å². The first-order chi connectivity index (χ1) is 14.2. The monoisotopic (exact) mass is 533 g/mol. The number of amides is 1. The van der Waals surface area contributed by atoms with E-state index in [-0.39, 0.29) is 42.1 Å². The SMILES string of the molecule is CCNC(=NCCCN1CCCCCC1)NCCNC(=O)Cc1ccc(F)cc1.I. The van der Waals surface area contributed by atoms with Crippen LogP contribution in [0.3, 0.4) is 0 Å². The second-order valence-electron chi connectivity index (χ2n) is 7.45. The predicted molar refractivity (Wildman–Crippen MR) is 132 cm³/mol. The van der Waals surface area contributed by atoms with E-state index in [4.69, 9.17) is 0 Å². The van der Waals surface area contributed by atoms with Crippen molar-refractivity contribution in [3.05, 3.63) is 35.6 Å². The highest BCUT2D eigenvalue weighted by Crippen LogP contribution is 2.09. The molecule has 1 aliphatic rings. The van der Waals surface area contributed by atoms with Crippen molar-refractivity contribution in [2.24, 2.45) is 4.99 Å². The average molecular weight is 533 g/mol. The minimum Gasteiger partial charge on any atom is -0.357 e. The van der Waals surface area contributed by atoms with Crippen LogP contribution in [0.15, 0.2) is 29.3 Å². The lowest BCUT2D eigenvalue weighted by Gasteiger charge is -2.19. The molecule has 3 N–H and O–H groups in total. The highest BCUT2D eigenvalue weighted by Gasteiger charge is 2.08. The van der Waals surface area contributed by atoms with Crippen LogP contribution in [0.2, 0.25) is 0 Å². The van der Waals surface area contributed by atoms with Gasteiger partial charge in [-0.25, -0.2) is 4.39 Å². The summed E-state index contributed by atoms with van der Waals surface area (Å²) in [6, 6.07) is 6.01. The molecule has 1 aromatic rings. The van der Waals surface area contributed by atoms with E-state index < -0.39 is 0 Å². The average Bonchev–Trinajstić information content (AvgIpc) is 2.99. The van der Waals surface area contributed by atoms with Gasteiger partial charge in [0, 0.05) is 26.2 Å². The molecule has 0 saturated carbocycles. The number of halogens is 2. The van der Waals surface area contributed by atoms with Crippen molar-refractivity contribution in [2.45, 2.75) is 45.4 Å². The molecule has 0 radical (unpaired) electrons. The number of guanidine groups is 1. The molecular weight excluding hydrogens is 496 g/mol. The zero-order valence-corrected chi connectivity index (χ0v) is 20.4. The van der Waals surface area contributed by atoms with E-state index in [9.17, 15) is 9.18 Å². The summed E-state index contributed by atoms with van der Waals surface area (Å²) in [6.45, 7) is 8.31. The Labute approximate surface area is 197 Å². The van der Waals surface area contributed by atoms with Gasteiger partial charge in [-0.15, -0.1) is 24.0 Å². The smallest absolute Gasteiger partial charge is 0.224 e. The van der Waals surface area contributed by atoms with E-state index >= 15 is 0 Å². The molecule has 0 atom stereocenters. The fourth-order valence-corrected chi connectivity index (χ4v) is 3.42. The standard InChI is InChI=1S/C22H36FN5O.HI/c1-2-24-22(26-12-7-17-28-15-5-3-4-6-16-28)27-14-13-25-21(29)18-19-8-10-20(23)11-9-19;/h8-11H,2-7,12-18H2,1H3,(H,25,29)(H2,24,26,27);1H. The summed E-state index contributed by atoms with van der Waals surface area (Å²) in [7, 11) is 0. The molecule has 1 amide bonds. The molecule has 2 rings (SSSR count). The van der Waals surface area contributed by atoms with E-state index in [2.05, 4.69) is 25.8 Å². The molecule has 6 nitrogen and oxygen atoms in total. The van der Waals surface area contributed by atoms with Gasteiger partial charge in [-0.1, -0.05) is 25.0 Å². The van der Waals surface area contributed by atoms with Gasteiger partial charge in [-0.2, -0.15) is 0 Å². The maximum atomic E-state index is 12.9. The van der Waals surface area contributed by atoms with E-state index in [1.54, 1.807) is 12.1 Å². The van der Waals surface area contributed by atoms with Gasteiger partial charge in [-0.3, -0.25) is 9.79 Å². The van der Waals surface area contributed by atoms with Crippen LogP contribution in [0.1, 0.15) is 44.6 Å². The Morgan fingerprint density at radius 2 is 1.70 bits per heavy atom. The summed E-state index contributed by atoms with van der Waals surface area (Å²) in [4.78, 5) is 19.2. The molecule has 1 fully saturated rings. The molecule has 1 heterocycles. The van der Waals surface area contributed by atoms with Crippen LogP contribution >= 0.6 is 24.0 Å². The van der Waals surface area contributed by atoms with Gasteiger partial charge in [0.15, 0.2) is 5.96 Å². The predicted octanol–water partition coefficient (Wildman–Crippen LogP) is 2.92. The Morgan fingerprint density at radius 1 is 1.03 bits per heavy atom. The molecule has 1 saturated heterocycles. The van der Waals surface area contributed by atoms with Crippen LogP contribution in [-0.4, -0.2) is 62.6 Å². The van der Waals surface area contributed by atoms with Crippen molar-refractivity contribution >= 4 is 35.8 Å². The molecule has 0 unspecified atom stereocenters. The number of carbonyl (C=O) groups excluding carboxylic acids is 1. The molecule has 8 heteroatoms. The molecule has 170 valence electrons. The van der Waals surface area contributed by atoms with E-state index in [0.717, 1.165) is 37.6 Å². The van der Waals surface area contributed by atoms with Crippen molar-refractivity contribution < 1.29 is 9.18 Å². The Kier molecular flexibility index (Phi) is 14.5. The lowest BCUT2D eigenvalue weighted by atomic mass is 10.1. The Hall–Kier alpha value is -1.42. The molecule has 0 aromatic heterocycles. The summed E-state index contributed by atoms with van der Waals surface area (Å²) in [5.41, 5.74) is 0.802. The zero-order chi connectivity index (χ0) is 20.7. The van der Waals surface area contributed by atoms with Crippen molar-refractivity contribution in [3.8, 4) is 0 Å². The van der Waals surface area contributed by atoms with Crippen molar-refractivity contribution in [1.29, 1.82) is 0 Å². The maximum absolute atomic E-state index is 12.9. The first kappa shape index (κ1) is 26.6. The number of nitrogens with one attached hydrogen (secondary N) is 3. The second-order valence-corrected chi connectivity index (χ2v) is 7.45. The van der Waals surface area contributed by atoms with Gasteiger partial charge in [-0.05, 0) is 63.5 Å². The number of rotatable bonds is 10. The summed E-state index contributed by atoms with van der Waals surface area (Å²) < 4.78 is 12.9. The number of nitrogens with zero attached hydrogens (tertiary/aromatic N) is 2. The normalized spacial score (nSPS) is 15.1. The van der Waals surface area contributed by atoms with E-state index in [1.165, 1.54) is 50.9 Å². The summed E-state index contributed by atoms with van der Waals surface area (Å²) >= 11 is 0. The third kappa shape index (κ3) is 11.7. The lowest BCUT2D eigenvalue weighted by Crippen LogP contribution is -2.41.